The van der Waals surface area contributed by atoms with E-state index in [1.165, 1.54) is 16.9 Å². The summed E-state index contributed by atoms with van der Waals surface area (Å²) in [6.07, 6.45) is 4.03. The van der Waals surface area contributed by atoms with Crippen molar-refractivity contribution in [2.45, 2.75) is 25.3 Å². The van der Waals surface area contributed by atoms with Crippen molar-refractivity contribution in [2.24, 2.45) is 5.92 Å². The molecule has 1 saturated heterocycles. The molecule has 5 nitrogen and oxygen atoms in total. The zero-order chi connectivity index (χ0) is 20.1. The molecule has 28 heavy (non-hydrogen) atoms. The quantitative estimate of drug-likeness (QED) is 0.749. The second-order valence-corrected chi connectivity index (χ2v) is 9.59. The van der Waals surface area contributed by atoms with Crippen LogP contribution in [0.1, 0.15) is 30.0 Å². The van der Waals surface area contributed by atoms with Gasteiger partial charge in [-0.3, -0.25) is 4.79 Å². The molecule has 6 heteroatoms. The molecule has 2 aromatic rings. The van der Waals surface area contributed by atoms with Gasteiger partial charge in [-0.2, -0.15) is 4.31 Å². The number of likely N-dealkylation sites (N-methyl/N-ethyl adjacent to an activating group) is 1. The Kier molecular flexibility index (Phi) is 6.52. The minimum absolute atomic E-state index is 0.141. The van der Waals surface area contributed by atoms with Crippen molar-refractivity contribution < 1.29 is 13.2 Å². The molecular formula is C22H28N2O3S. The summed E-state index contributed by atoms with van der Waals surface area (Å²) in [7, 11) is -2.02. The van der Waals surface area contributed by atoms with Gasteiger partial charge in [0, 0.05) is 20.1 Å². The zero-order valence-corrected chi connectivity index (χ0v) is 17.3. The van der Waals surface area contributed by atoms with Crippen molar-refractivity contribution in [3.05, 3.63) is 71.8 Å². The van der Waals surface area contributed by atoms with E-state index in [1.807, 2.05) is 41.3 Å². The lowest BCUT2D eigenvalue weighted by Crippen LogP contribution is -2.46. The molecule has 1 amide bonds. The van der Waals surface area contributed by atoms with E-state index in [-0.39, 0.29) is 5.91 Å². The van der Waals surface area contributed by atoms with Crippen LogP contribution in [0, 0.1) is 5.92 Å². The fraction of sp³-hybridized carbons (Fsp3) is 0.409. The van der Waals surface area contributed by atoms with Gasteiger partial charge in [0.05, 0.1) is 6.26 Å². The number of amides is 1. The largest absolute Gasteiger partial charge is 0.341 e. The second-order valence-electron chi connectivity index (χ2n) is 7.55. The topological polar surface area (TPSA) is 57.7 Å². The van der Waals surface area contributed by atoms with E-state index >= 15 is 0 Å². The van der Waals surface area contributed by atoms with Crippen LogP contribution in [0.25, 0.3) is 0 Å². The summed E-state index contributed by atoms with van der Waals surface area (Å²) in [5, 5.41) is 0. The average Bonchev–Trinajstić information content (AvgIpc) is 2.69. The van der Waals surface area contributed by atoms with Gasteiger partial charge in [-0.1, -0.05) is 60.7 Å². The second kappa shape index (κ2) is 8.88. The minimum atomic E-state index is -3.50. The number of carbonyl (C=O) groups is 1. The van der Waals surface area contributed by atoms with Crippen LogP contribution in [0.2, 0.25) is 0 Å². The highest BCUT2D eigenvalue weighted by molar-refractivity contribution is 7.88. The van der Waals surface area contributed by atoms with E-state index in [1.54, 1.807) is 0 Å². The van der Waals surface area contributed by atoms with E-state index in [4.69, 9.17) is 0 Å². The molecule has 1 aliphatic heterocycles. The molecule has 0 unspecified atom stereocenters. The molecule has 0 aliphatic carbocycles. The van der Waals surface area contributed by atoms with Crippen LogP contribution in [0.3, 0.4) is 0 Å². The maximum Gasteiger partial charge on any atom is 0.245 e. The highest BCUT2D eigenvalue weighted by atomic mass is 32.2. The Morgan fingerprint density at radius 2 is 1.57 bits per heavy atom. The first-order chi connectivity index (χ1) is 13.4. The highest BCUT2D eigenvalue weighted by Crippen LogP contribution is 2.28. The molecule has 0 radical (unpaired) electrons. The molecule has 0 N–H and O–H groups in total. The number of sulfonamides is 1. The molecule has 1 aliphatic rings. The maximum atomic E-state index is 13.3. The minimum Gasteiger partial charge on any atom is -0.341 e. The Morgan fingerprint density at radius 1 is 1.04 bits per heavy atom. The van der Waals surface area contributed by atoms with Crippen molar-refractivity contribution in [1.82, 2.24) is 9.21 Å². The van der Waals surface area contributed by atoms with Crippen LogP contribution in [-0.4, -0.2) is 49.9 Å². The van der Waals surface area contributed by atoms with Crippen LogP contribution in [0.15, 0.2) is 60.7 Å². The summed E-state index contributed by atoms with van der Waals surface area (Å²) < 4.78 is 25.5. The highest BCUT2D eigenvalue weighted by Gasteiger charge is 2.35. The summed E-state index contributed by atoms with van der Waals surface area (Å²) >= 11 is 0. The van der Waals surface area contributed by atoms with E-state index in [2.05, 4.69) is 24.3 Å². The predicted octanol–water partition coefficient (Wildman–Crippen LogP) is 3.10. The Morgan fingerprint density at radius 3 is 2.11 bits per heavy atom. The Balaban J connectivity index is 1.70. The number of rotatable bonds is 6. The Bertz CT molecular complexity index is 877. The molecule has 1 atom stereocenters. The van der Waals surface area contributed by atoms with Gasteiger partial charge in [0.15, 0.2) is 0 Å². The van der Waals surface area contributed by atoms with Crippen LogP contribution < -0.4 is 0 Å². The van der Waals surface area contributed by atoms with Gasteiger partial charge in [0.25, 0.3) is 0 Å². The standard InChI is InChI=1S/C22H28N2O3S/c1-23(28(2,26)27)21(20-11-7-4-8-12-20)22(25)24-15-13-19(14-16-24)17-18-9-5-3-6-10-18/h3-12,19,21H,13-17H2,1-2H3/t21-/m0/s1. The number of carbonyl (C=O) groups excluding carboxylic acids is 1. The first-order valence-electron chi connectivity index (χ1n) is 9.67. The van der Waals surface area contributed by atoms with E-state index < -0.39 is 16.1 Å². The van der Waals surface area contributed by atoms with Crippen molar-refractivity contribution in [3.8, 4) is 0 Å². The number of benzene rings is 2. The van der Waals surface area contributed by atoms with Gasteiger partial charge in [-0.05, 0) is 36.3 Å². The number of piperidine rings is 1. The van der Waals surface area contributed by atoms with Crippen molar-refractivity contribution in [3.63, 3.8) is 0 Å². The van der Waals surface area contributed by atoms with E-state index in [0.29, 0.717) is 24.6 Å². The maximum absolute atomic E-state index is 13.3. The monoisotopic (exact) mass is 400 g/mol. The van der Waals surface area contributed by atoms with E-state index in [0.717, 1.165) is 25.5 Å². The van der Waals surface area contributed by atoms with Gasteiger partial charge in [-0.15, -0.1) is 0 Å². The van der Waals surface area contributed by atoms with Gasteiger partial charge >= 0.3 is 0 Å². The molecule has 1 fully saturated rings. The van der Waals surface area contributed by atoms with Gasteiger partial charge in [-0.25, -0.2) is 8.42 Å². The van der Waals surface area contributed by atoms with Crippen LogP contribution in [-0.2, 0) is 21.2 Å². The number of hydrogen-bond donors (Lipinski definition) is 0. The summed E-state index contributed by atoms with van der Waals surface area (Å²) in [4.78, 5) is 15.1. The fourth-order valence-corrected chi connectivity index (χ4v) is 4.41. The molecule has 0 bridgehead atoms. The van der Waals surface area contributed by atoms with Crippen LogP contribution in [0.5, 0.6) is 0 Å². The third kappa shape index (κ3) is 5.00. The molecular weight excluding hydrogens is 372 g/mol. The van der Waals surface area contributed by atoms with Gasteiger partial charge < -0.3 is 4.90 Å². The summed E-state index contributed by atoms with van der Waals surface area (Å²) in [6, 6.07) is 18.7. The zero-order valence-electron chi connectivity index (χ0n) is 16.5. The lowest BCUT2D eigenvalue weighted by molar-refractivity contribution is -0.136. The van der Waals surface area contributed by atoms with Crippen LogP contribution in [0.4, 0.5) is 0 Å². The third-order valence-electron chi connectivity index (χ3n) is 5.53. The summed E-state index contributed by atoms with van der Waals surface area (Å²) in [6.45, 7) is 1.33. The van der Waals surface area contributed by atoms with Crippen molar-refractivity contribution >= 4 is 15.9 Å². The molecule has 150 valence electrons. The summed E-state index contributed by atoms with van der Waals surface area (Å²) in [5.41, 5.74) is 2.03. The van der Waals surface area contributed by atoms with Gasteiger partial charge in [0.1, 0.15) is 6.04 Å². The van der Waals surface area contributed by atoms with Gasteiger partial charge in [0.2, 0.25) is 15.9 Å². The number of nitrogens with zero attached hydrogens (tertiary/aromatic N) is 2. The lowest BCUT2D eigenvalue weighted by Gasteiger charge is -2.36. The molecule has 0 saturated carbocycles. The molecule has 2 aromatic carbocycles. The number of likely N-dealkylation sites (tertiary alicyclic amines) is 1. The Labute approximate surface area is 168 Å². The molecule has 0 spiro atoms. The summed E-state index contributed by atoms with van der Waals surface area (Å²) in [5.74, 6) is 0.409. The molecule has 0 aromatic heterocycles. The lowest BCUT2D eigenvalue weighted by atomic mass is 9.90. The predicted molar refractivity (Wildman–Crippen MR) is 111 cm³/mol. The van der Waals surface area contributed by atoms with E-state index in [9.17, 15) is 13.2 Å². The molecule has 1 heterocycles. The Hall–Kier alpha value is -2.18. The average molecular weight is 401 g/mol. The normalized spacial score (nSPS) is 16.9. The molecule has 3 rings (SSSR count). The third-order valence-corrected chi connectivity index (χ3v) is 6.79. The van der Waals surface area contributed by atoms with Crippen molar-refractivity contribution in [2.75, 3.05) is 26.4 Å². The smallest absolute Gasteiger partial charge is 0.245 e. The van der Waals surface area contributed by atoms with Crippen LogP contribution >= 0.6 is 0 Å². The first-order valence-corrected chi connectivity index (χ1v) is 11.5. The fourth-order valence-electron chi connectivity index (χ4n) is 3.81. The van der Waals surface area contributed by atoms with Crippen molar-refractivity contribution in [1.29, 1.82) is 0 Å². The SMILES string of the molecule is CN([C@H](C(=O)N1CCC(Cc2ccccc2)CC1)c1ccccc1)S(C)(=O)=O. The first kappa shape index (κ1) is 20.6. The number of hydrogen-bond acceptors (Lipinski definition) is 3.